The van der Waals surface area contributed by atoms with Crippen molar-refractivity contribution in [2.45, 2.75) is 58.0 Å². The average Bonchev–Trinajstić information content (AvgIpc) is 3.14. The van der Waals surface area contributed by atoms with Gasteiger partial charge in [-0.1, -0.05) is 18.2 Å². The molecule has 0 saturated heterocycles. The minimum atomic E-state index is -0.891. The van der Waals surface area contributed by atoms with E-state index in [1.807, 2.05) is 30.3 Å². The van der Waals surface area contributed by atoms with Crippen LogP contribution in [0.25, 0.3) is 21.9 Å². The van der Waals surface area contributed by atoms with Crippen LogP contribution in [-0.2, 0) is 14.3 Å². The van der Waals surface area contributed by atoms with Crippen LogP contribution in [0, 0.1) is 23.2 Å². The molecule has 7 rings (SSSR count). The molecule has 178 valence electrons. The van der Waals surface area contributed by atoms with Gasteiger partial charge in [-0.25, -0.2) is 0 Å². The lowest BCUT2D eigenvalue weighted by Gasteiger charge is -2.56. The Labute approximate surface area is 199 Å². The highest BCUT2D eigenvalue weighted by molar-refractivity contribution is 6.08. The Hall–Kier alpha value is -3.02. The van der Waals surface area contributed by atoms with E-state index in [0.29, 0.717) is 23.4 Å². The molecular formula is C28H31NO5. The third-order valence-corrected chi connectivity index (χ3v) is 8.32. The Morgan fingerprint density at radius 1 is 1.03 bits per heavy atom. The lowest BCUT2D eigenvalue weighted by atomic mass is 9.49. The molecular weight excluding hydrogens is 430 g/mol. The van der Waals surface area contributed by atoms with Gasteiger partial charge in [-0.15, -0.1) is 0 Å². The molecule has 1 atom stereocenters. The van der Waals surface area contributed by atoms with Crippen molar-refractivity contribution in [2.24, 2.45) is 23.2 Å². The van der Waals surface area contributed by atoms with E-state index in [1.54, 1.807) is 20.1 Å². The van der Waals surface area contributed by atoms with E-state index in [-0.39, 0.29) is 17.3 Å². The van der Waals surface area contributed by atoms with E-state index in [9.17, 15) is 9.59 Å². The first-order chi connectivity index (χ1) is 16.4. The summed E-state index contributed by atoms with van der Waals surface area (Å²) in [6.07, 6.45) is 6.98. The molecule has 2 aromatic carbocycles. The first-order valence-corrected chi connectivity index (χ1v) is 12.4. The highest BCUT2D eigenvalue weighted by atomic mass is 16.5. The van der Waals surface area contributed by atoms with Crippen molar-refractivity contribution in [3.8, 4) is 5.75 Å². The first-order valence-electron chi connectivity index (χ1n) is 12.4. The van der Waals surface area contributed by atoms with E-state index in [1.165, 1.54) is 19.3 Å². The van der Waals surface area contributed by atoms with Gasteiger partial charge in [0.25, 0.3) is 5.91 Å². The number of hydrogen-bond donors (Lipinski definition) is 1. The van der Waals surface area contributed by atoms with Crippen LogP contribution in [0.1, 0.15) is 51.9 Å². The van der Waals surface area contributed by atoms with Crippen LogP contribution >= 0.6 is 0 Å². The molecule has 0 spiro atoms. The number of ether oxygens (including phenoxy) is 2. The fraction of sp³-hybridized carbons (Fsp3) is 0.500. The van der Waals surface area contributed by atoms with Crippen molar-refractivity contribution >= 4 is 39.5 Å². The smallest absolute Gasteiger partial charge is 0.307 e. The fourth-order valence-corrected chi connectivity index (χ4v) is 7.36. The van der Waals surface area contributed by atoms with E-state index in [2.05, 4.69) is 5.32 Å². The quantitative estimate of drug-likeness (QED) is 0.451. The van der Waals surface area contributed by atoms with Gasteiger partial charge in [0, 0.05) is 16.8 Å². The van der Waals surface area contributed by atoms with Crippen LogP contribution in [0.3, 0.4) is 0 Å². The molecule has 0 radical (unpaired) electrons. The third kappa shape index (κ3) is 3.73. The Morgan fingerprint density at radius 2 is 1.71 bits per heavy atom. The van der Waals surface area contributed by atoms with Crippen LogP contribution in [0.5, 0.6) is 5.75 Å². The molecule has 4 saturated carbocycles. The summed E-state index contributed by atoms with van der Waals surface area (Å²) >= 11 is 0. The van der Waals surface area contributed by atoms with Gasteiger partial charge in [0.2, 0.25) is 0 Å². The summed E-state index contributed by atoms with van der Waals surface area (Å²) in [4.78, 5) is 25.8. The van der Waals surface area contributed by atoms with Gasteiger partial charge in [-0.05, 0) is 80.8 Å². The second-order valence-electron chi connectivity index (χ2n) is 10.9. The maximum absolute atomic E-state index is 12.9. The van der Waals surface area contributed by atoms with Crippen LogP contribution in [0.2, 0.25) is 0 Å². The van der Waals surface area contributed by atoms with Crippen molar-refractivity contribution in [1.29, 1.82) is 0 Å². The fourth-order valence-electron chi connectivity index (χ4n) is 7.36. The molecule has 6 heteroatoms. The molecule has 3 aromatic rings. The van der Waals surface area contributed by atoms with E-state index in [0.717, 1.165) is 53.4 Å². The number of furan rings is 1. The van der Waals surface area contributed by atoms with Crippen LogP contribution in [-0.4, -0.2) is 25.1 Å². The molecule has 0 aliphatic heterocycles. The molecule has 4 bridgehead atoms. The van der Waals surface area contributed by atoms with Gasteiger partial charge in [0.05, 0.1) is 19.2 Å². The Balaban J connectivity index is 1.14. The zero-order chi connectivity index (χ0) is 23.4. The van der Waals surface area contributed by atoms with Crippen molar-refractivity contribution in [2.75, 3.05) is 12.4 Å². The first kappa shape index (κ1) is 21.5. The second kappa shape index (κ2) is 8.03. The molecule has 4 aliphatic carbocycles. The Kier molecular flexibility index (Phi) is 5.08. The van der Waals surface area contributed by atoms with Crippen molar-refractivity contribution in [1.82, 2.24) is 0 Å². The van der Waals surface area contributed by atoms with E-state index < -0.39 is 6.10 Å². The number of carbonyl (C=O) groups is 2. The summed E-state index contributed by atoms with van der Waals surface area (Å²) in [5.41, 5.74) is 2.01. The average molecular weight is 462 g/mol. The number of amides is 1. The number of carbonyl (C=O) groups excluding carboxylic acids is 2. The number of anilines is 1. The third-order valence-electron chi connectivity index (χ3n) is 8.32. The number of methoxy groups -OCH3 is 1. The lowest BCUT2D eigenvalue weighted by molar-refractivity contribution is -0.160. The van der Waals surface area contributed by atoms with E-state index >= 15 is 0 Å². The van der Waals surface area contributed by atoms with Crippen molar-refractivity contribution in [3.63, 3.8) is 0 Å². The highest BCUT2D eigenvalue weighted by Crippen LogP contribution is 2.61. The molecule has 1 amide bonds. The molecule has 34 heavy (non-hydrogen) atoms. The second-order valence-corrected chi connectivity index (χ2v) is 10.9. The maximum Gasteiger partial charge on any atom is 0.307 e. The summed E-state index contributed by atoms with van der Waals surface area (Å²) in [5, 5.41) is 4.77. The van der Waals surface area contributed by atoms with Gasteiger partial charge < -0.3 is 19.2 Å². The topological polar surface area (TPSA) is 77.8 Å². The van der Waals surface area contributed by atoms with Gasteiger partial charge in [0.15, 0.2) is 6.10 Å². The zero-order valence-corrected chi connectivity index (χ0v) is 19.8. The summed E-state index contributed by atoms with van der Waals surface area (Å²) in [5.74, 6) is 2.22. The number of benzene rings is 2. The van der Waals surface area contributed by atoms with Gasteiger partial charge in [-0.3, -0.25) is 9.59 Å². The molecule has 6 nitrogen and oxygen atoms in total. The number of nitrogens with one attached hydrogen (secondary N) is 1. The zero-order valence-electron chi connectivity index (χ0n) is 19.8. The van der Waals surface area contributed by atoms with Gasteiger partial charge in [0.1, 0.15) is 16.9 Å². The van der Waals surface area contributed by atoms with Crippen molar-refractivity contribution < 1.29 is 23.5 Å². The number of fused-ring (bicyclic) bond motifs is 3. The lowest BCUT2D eigenvalue weighted by Crippen LogP contribution is -2.47. The number of esters is 1. The Morgan fingerprint density at radius 3 is 2.38 bits per heavy atom. The van der Waals surface area contributed by atoms with Crippen molar-refractivity contribution in [3.05, 3.63) is 36.4 Å². The van der Waals surface area contributed by atoms with Gasteiger partial charge in [-0.2, -0.15) is 0 Å². The normalized spacial score (nSPS) is 28.2. The maximum atomic E-state index is 12.9. The monoisotopic (exact) mass is 461 g/mol. The SMILES string of the molecule is COc1cc2c(cc1NC(=O)C(C)OC(=O)CC13CC4CC(CC(C4)C1)C3)oc1ccccc12. The molecule has 1 heterocycles. The Bertz CT molecular complexity index is 1240. The largest absolute Gasteiger partial charge is 0.495 e. The molecule has 4 fully saturated rings. The minimum absolute atomic E-state index is 0.0948. The molecule has 1 N–H and O–H groups in total. The van der Waals surface area contributed by atoms with Crippen LogP contribution in [0.4, 0.5) is 5.69 Å². The molecule has 4 aliphatic rings. The summed E-state index contributed by atoms with van der Waals surface area (Å²) in [6.45, 7) is 1.62. The van der Waals surface area contributed by atoms with Crippen LogP contribution in [0.15, 0.2) is 40.8 Å². The molecule has 1 unspecified atom stereocenters. The number of para-hydroxylation sites is 1. The van der Waals surface area contributed by atoms with Gasteiger partial charge >= 0.3 is 5.97 Å². The summed E-state index contributed by atoms with van der Waals surface area (Å²) < 4.78 is 17.1. The predicted octanol–water partition coefficient (Wildman–Crippen LogP) is 6.07. The van der Waals surface area contributed by atoms with Crippen LogP contribution < -0.4 is 10.1 Å². The predicted molar refractivity (Wildman–Crippen MR) is 130 cm³/mol. The summed E-state index contributed by atoms with van der Waals surface area (Å²) in [6, 6.07) is 11.4. The number of hydrogen-bond acceptors (Lipinski definition) is 5. The minimum Gasteiger partial charge on any atom is -0.495 e. The molecule has 1 aromatic heterocycles. The standard InChI is InChI=1S/C28H31NO5/c1-16(33-26(30)15-28-12-17-7-18(13-28)9-19(8-17)14-28)27(31)29-22-11-24-21(10-25(22)32-2)20-5-3-4-6-23(20)34-24/h3-6,10-11,16-19H,7-9,12-15H2,1-2H3,(H,29,31). The van der Waals surface area contributed by atoms with E-state index in [4.69, 9.17) is 13.9 Å². The number of rotatable bonds is 6. The highest BCUT2D eigenvalue weighted by Gasteiger charge is 2.51. The summed E-state index contributed by atoms with van der Waals surface area (Å²) in [7, 11) is 1.56.